The number of hydrogen-bond acceptors (Lipinski definition) is 5. The summed E-state index contributed by atoms with van der Waals surface area (Å²) in [4.78, 5) is 34.7. The fraction of sp³-hybridized carbons (Fsp3) is 0.308. The lowest BCUT2D eigenvalue weighted by Gasteiger charge is -2.35. The van der Waals surface area contributed by atoms with Crippen molar-refractivity contribution < 1.29 is 4.79 Å². The summed E-state index contributed by atoms with van der Waals surface area (Å²) < 4.78 is 3.40. The van der Waals surface area contributed by atoms with Crippen LogP contribution >= 0.6 is 11.6 Å². The van der Waals surface area contributed by atoms with E-state index in [0.717, 1.165) is 28.2 Å². The average molecular weight is 491 g/mol. The Labute approximate surface area is 208 Å². The zero-order valence-electron chi connectivity index (χ0n) is 19.8. The second-order valence-corrected chi connectivity index (χ2v) is 9.27. The number of piperazine rings is 1. The van der Waals surface area contributed by atoms with Crippen LogP contribution in [0.2, 0.25) is 5.02 Å². The maximum Gasteiger partial charge on any atom is 0.276 e. The minimum absolute atomic E-state index is 0.0702. The molecule has 4 heterocycles. The van der Waals surface area contributed by atoms with Gasteiger partial charge in [-0.3, -0.25) is 9.59 Å². The fourth-order valence-electron chi connectivity index (χ4n) is 4.72. The molecule has 8 nitrogen and oxygen atoms in total. The van der Waals surface area contributed by atoms with Crippen molar-refractivity contribution in [3.63, 3.8) is 0 Å². The molecule has 0 N–H and O–H groups in total. The molecule has 180 valence electrons. The predicted molar refractivity (Wildman–Crippen MR) is 137 cm³/mol. The molecule has 5 rings (SSSR count). The van der Waals surface area contributed by atoms with Gasteiger partial charge in [0, 0.05) is 60.7 Å². The van der Waals surface area contributed by atoms with E-state index < -0.39 is 0 Å². The van der Waals surface area contributed by atoms with Crippen molar-refractivity contribution in [3.05, 3.63) is 87.2 Å². The fourth-order valence-corrected chi connectivity index (χ4v) is 4.85. The van der Waals surface area contributed by atoms with Crippen molar-refractivity contribution in [2.75, 3.05) is 31.1 Å². The summed E-state index contributed by atoms with van der Waals surface area (Å²) in [6.07, 6.45) is 3.47. The summed E-state index contributed by atoms with van der Waals surface area (Å²) in [5.74, 6) is 0.812. The number of benzene rings is 1. The normalized spacial score (nSPS) is 14.0. The molecule has 1 fully saturated rings. The van der Waals surface area contributed by atoms with E-state index in [1.165, 1.54) is 4.68 Å². The number of anilines is 1. The third kappa shape index (κ3) is 4.53. The highest BCUT2D eigenvalue weighted by Gasteiger charge is 2.23. The molecule has 0 radical (unpaired) electrons. The Balaban J connectivity index is 1.33. The van der Waals surface area contributed by atoms with Crippen LogP contribution in [-0.4, -0.2) is 56.3 Å². The van der Waals surface area contributed by atoms with Gasteiger partial charge in [0.1, 0.15) is 12.4 Å². The van der Waals surface area contributed by atoms with Gasteiger partial charge in [-0.25, -0.2) is 9.67 Å². The molecular formula is C26H27ClN6O2. The number of pyridine rings is 1. The second kappa shape index (κ2) is 9.54. The van der Waals surface area contributed by atoms with Crippen molar-refractivity contribution in [1.29, 1.82) is 0 Å². The first-order valence-electron chi connectivity index (χ1n) is 11.7. The van der Waals surface area contributed by atoms with Gasteiger partial charge in [-0.1, -0.05) is 29.8 Å². The Morgan fingerprint density at radius 3 is 2.43 bits per heavy atom. The van der Waals surface area contributed by atoms with E-state index in [4.69, 9.17) is 11.6 Å². The highest BCUT2D eigenvalue weighted by Crippen LogP contribution is 2.23. The molecule has 4 aromatic rings. The molecule has 0 aliphatic carbocycles. The first kappa shape index (κ1) is 23.1. The lowest BCUT2D eigenvalue weighted by molar-refractivity contribution is -0.132. The van der Waals surface area contributed by atoms with Crippen LogP contribution in [0.5, 0.6) is 0 Å². The Hall–Kier alpha value is -3.65. The summed E-state index contributed by atoms with van der Waals surface area (Å²) in [5.41, 5.74) is 2.69. The van der Waals surface area contributed by atoms with E-state index in [0.29, 0.717) is 43.1 Å². The van der Waals surface area contributed by atoms with Crippen LogP contribution in [0.1, 0.15) is 17.0 Å². The lowest BCUT2D eigenvalue weighted by atomic mass is 10.2. The van der Waals surface area contributed by atoms with Crippen molar-refractivity contribution in [2.45, 2.75) is 26.9 Å². The number of rotatable bonds is 5. The van der Waals surface area contributed by atoms with Crippen LogP contribution in [0.3, 0.4) is 0 Å². The summed E-state index contributed by atoms with van der Waals surface area (Å²) in [7, 11) is 0. The molecule has 0 saturated carbocycles. The number of aromatic nitrogens is 4. The minimum atomic E-state index is -0.238. The van der Waals surface area contributed by atoms with Gasteiger partial charge in [0.25, 0.3) is 5.56 Å². The minimum Gasteiger partial charge on any atom is -0.353 e. The van der Waals surface area contributed by atoms with Crippen molar-refractivity contribution in [3.8, 4) is 0 Å². The number of fused-ring (bicyclic) bond motifs is 1. The molecule has 1 saturated heterocycles. The molecule has 1 aromatic carbocycles. The van der Waals surface area contributed by atoms with Gasteiger partial charge in [0.05, 0.1) is 11.6 Å². The number of halogens is 1. The number of carbonyl (C=O) groups is 1. The van der Waals surface area contributed by atoms with Crippen molar-refractivity contribution in [1.82, 2.24) is 24.2 Å². The monoisotopic (exact) mass is 490 g/mol. The summed E-state index contributed by atoms with van der Waals surface area (Å²) in [6, 6.07) is 13.5. The molecule has 9 heteroatoms. The largest absolute Gasteiger partial charge is 0.353 e. The highest BCUT2D eigenvalue weighted by molar-refractivity contribution is 6.30. The van der Waals surface area contributed by atoms with Crippen LogP contribution in [-0.2, 0) is 17.9 Å². The Morgan fingerprint density at radius 1 is 1.00 bits per heavy atom. The molecular weight excluding hydrogens is 464 g/mol. The van der Waals surface area contributed by atoms with Crippen molar-refractivity contribution in [2.24, 2.45) is 0 Å². The van der Waals surface area contributed by atoms with Crippen LogP contribution in [0.4, 0.5) is 5.82 Å². The molecule has 1 amide bonds. The van der Waals surface area contributed by atoms with Crippen LogP contribution in [0, 0.1) is 13.8 Å². The molecule has 0 spiro atoms. The number of nitrogens with zero attached hydrogens (tertiary/aromatic N) is 6. The van der Waals surface area contributed by atoms with Gasteiger partial charge >= 0.3 is 0 Å². The molecule has 0 unspecified atom stereocenters. The van der Waals surface area contributed by atoms with Gasteiger partial charge in [0.15, 0.2) is 0 Å². The smallest absolute Gasteiger partial charge is 0.276 e. The number of aryl methyl sites for hydroxylation is 2. The predicted octanol–water partition coefficient (Wildman–Crippen LogP) is 3.26. The second-order valence-electron chi connectivity index (χ2n) is 8.84. The van der Waals surface area contributed by atoms with E-state index in [-0.39, 0.29) is 18.0 Å². The number of amides is 1. The van der Waals surface area contributed by atoms with E-state index in [2.05, 4.69) is 19.5 Å². The van der Waals surface area contributed by atoms with E-state index in [9.17, 15) is 9.59 Å². The Morgan fingerprint density at radius 2 is 1.74 bits per heavy atom. The SMILES string of the molecule is Cc1c2cnn(CC(=O)N3CCN(c4ccccn4)CC3)c(=O)c2c(C)n1Cc1ccc(Cl)cc1. The van der Waals surface area contributed by atoms with Crippen LogP contribution in [0.15, 0.2) is 59.7 Å². The number of carbonyl (C=O) groups excluding carboxylic acids is 1. The van der Waals surface area contributed by atoms with Gasteiger partial charge in [-0.15, -0.1) is 0 Å². The Bertz CT molecular complexity index is 1420. The Kier molecular flexibility index (Phi) is 6.30. The molecule has 0 atom stereocenters. The van der Waals surface area contributed by atoms with Gasteiger partial charge in [0.2, 0.25) is 5.91 Å². The zero-order chi connectivity index (χ0) is 24.5. The maximum atomic E-state index is 13.3. The topological polar surface area (TPSA) is 76.3 Å². The van der Waals surface area contributed by atoms with Crippen molar-refractivity contribution >= 4 is 34.1 Å². The van der Waals surface area contributed by atoms with Gasteiger partial charge < -0.3 is 14.4 Å². The third-order valence-corrected chi connectivity index (χ3v) is 7.00. The zero-order valence-corrected chi connectivity index (χ0v) is 20.6. The molecule has 35 heavy (non-hydrogen) atoms. The van der Waals surface area contributed by atoms with E-state index in [1.54, 1.807) is 17.3 Å². The maximum absolute atomic E-state index is 13.3. The summed E-state index contributed by atoms with van der Waals surface area (Å²) in [6.45, 7) is 7.07. The highest BCUT2D eigenvalue weighted by atomic mass is 35.5. The summed E-state index contributed by atoms with van der Waals surface area (Å²) in [5, 5.41) is 6.46. The third-order valence-electron chi connectivity index (χ3n) is 6.75. The molecule has 1 aliphatic rings. The number of hydrogen-bond donors (Lipinski definition) is 0. The van der Waals surface area contributed by atoms with Crippen LogP contribution in [0.25, 0.3) is 10.8 Å². The van der Waals surface area contributed by atoms with Gasteiger partial charge in [-0.2, -0.15) is 5.10 Å². The average Bonchev–Trinajstić information content (AvgIpc) is 3.12. The first-order valence-corrected chi connectivity index (χ1v) is 12.0. The molecule has 3 aromatic heterocycles. The standard InChI is InChI=1S/C26H27ClN6O2/c1-18-22-15-29-33(17-24(34)31-13-11-30(12-14-31)23-5-3-4-10-28-23)26(35)25(22)19(2)32(18)16-20-6-8-21(27)9-7-20/h3-10,15H,11-14,16-17H2,1-2H3. The first-order chi connectivity index (χ1) is 16.9. The van der Waals surface area contributed by atoms with Gasteiger partial charge in [-0.05, 0) is 43.7 Å². The molecule has 0 bridgehead atoms. The molecule has 1 aliphatic heterocycles. The summed E-state index contributed by atoms with van der Waals surface area (Å²) >= 11 is 6.02. The lowest BCUT2D eigenvalue weighted by Crippen LogP contribution is -2.50. The van der Waals surface area contributed by atoms with Crippen LogP contribution < -0.4 is 10.5 Å². The van der Waals surface area contributed by atoms with E-state index >= 15 is 0 Å². The van der Waals surface area contributed by atoms with E-state index in [1.807, 2.05) is 56.3 Å². The quantitative estimate of drug-likeness (QED) is 0.429.